The first-order chi connectivity index (χ1) is 5.83. The highest BCUT2D eigenvalue weighted by Gasteiger charge is 2.01. The first-order valence-electron chi connectivity index (χ1n) is 4.05. The number of amides is 1. The highest BCUT2D eigenvalue weighted by Crippen LogP contribution is 2.04. The Kier molecular flexibility index (Phi) is 3.38. The zero-order valence-corrected chi connectivity index (χ0v) is 7.12. The van der Waals surface area contributed by atoms with Crippen molar-refractivity contribution >= 4 is 6.41 Å². The number of hydrogen-bond acceptors (Lipinski definition) is 2. The monoisotopic (exact) mass is 167 g/mol. The van der Waals surface area contributed by atoms with Crippen LogP contribution in [0.25, 0.3) is 0 Å². The van der Waals surface area contributed by atoms with Gasteiger partial charge in [-0.1, -0.05) is 0 Å². The first kappa shape index (κ1) is 8.84. The minimum Gasteiger partial charge on any atom is -0.469 e. The number of rotatable bonds is 5. The quantitative estimate of drug-likeness (QED) is 0.672. The minimum atomic E-state index is 0.215. The van der Waals surface area contributed by atoms with Crippen LogP contribution in [0.5, 0.6) is 0 Å². The van der Waals surface area contributed by atoms with Gasteiger partial charge < -0.3 is 9.73 Å². The van der Waals surface area contributed by atoms with Gasteiger partial charge >= 0.3 is 0 Å². The van der Waals surface area contributed by atoms with Crippen molar-refractivity contribution in [2.45, 2.75) is 25.8 Å². The molecule has 3 heteroatoms. The number of nitrogens with one attached hydrogen (secondary N) is 1. The standard InChI is InChI=1S/C9H13NO2/c1-8(10-7-11)4-5-9-3-2-6-12-9/h2-3,6-8H,4-5H2,1H3,(H,10,11). The molecule has 1 atom stereocenters. The Morgan fingerprint density at radius 3 is 3.17 bits per heavy atom. The van der Waals surface area contributed by atoms with Crippen molar-refractivity contribution in [1.29, 1.82) is 0 Å². The molecule has 1 heterocycles. The normalized spacial score (nSPS) is 12.4. The highest BCUT2D eigenvalue weighted by molar-refractivity contribution is 5.46. The predicted octanol–water partition coefficient (Wildman–Crippen LogP) is 1.35. The lowest BCUT2D eigenvalue weighted by atomic mass is 10.1. The molecule has 0 aliphatic heterocycles. The third-order valence-electron chi connectivity index (χ3n) is 1.76. The summed E-state index contributed by atoms with van der Waals surface area (Å²) < 4.78 is 5.15. The summed E-state index contributed by atoms with van der Waals surface area (Å²) in [5.74, 6) is 0.967. The summed E-state index contributed by atoms with van der Waals surface area (Å²) in [6.45, 7) is 1.97. The van der Waals surface area contributed by atoms with Crippen LogP contribution in [0.15, 0.2) is 22.8 Å². The highest BCUT2D eigenvalue weighted by atomic mass is 16.3. The maximum atomic E-state index is 10.0. The summed E-state index contributed by atoms with van der Waals surface area (Å²) >= 11 is 0. The molecule has 1 N–H and O–H groups in total. The van der Waals surface area contributed by atoms with Gasteiger partial charge in [-0.05, 0) is 25.5 Å². The fourth-order valence-corrected chi connectivity index (χ4v) is 1.01. The second-order valence-corrected chi connectivity index (χ2v) is 2.80. The van der Waals surface area contributed by atoms with E-state index in [2.05, 4.69) is 5.32 Å². The summed E-state index contributed by atoms with van der Waals surface area (Å²) in [6, 6.07) is 4.02. The second-order valence-electron chi connectivity index (χ2n) is 2.80. The van der Waals surface area contributed by atoms with Crippen LogP contribution in [0, 0.1) is 0 Å². The predicted molar refractivity (Wildman–Crippen MR) is 45.7 cm³/mol. The summed E-state index contributed by atoms with van der Waals surface area (Å²) in [6.07, 6.45) is 4.17. The molecule has 66 valence electrons. The Bertz CT molecular complexity index is 218. The van der Waals surface area contributed by atoms with Gasteiger partial charge in [0.1, 0.15) is 5.76 Å². The van der Waals surface area contributed by atoms with Crippen molar-refractivity contribution in [2.75, 3.05) is 0 Å². The van der Waals surface area contributed by atoms with E-state index in [4.69, 9.17) is 4.42 Å². The van der Waals surface area contributed by atoms with Gasteiger partial charge in [0.2, 0.25) is 6.41 Å². The molecule has 1 aromatic rings. The molecule has 1 unspecified atom stereocenters. The first-order valence-corrected chi connectivity index (χ1v) is 4.05. The zero-order chi connectivity index (χ0) is 8.81. The van der Waals surface area contributed by atoms with E-state index >= 15 is 0 Å². The van der Waals surface area contributed by atoms with E-state index in [1.165, 1.54) is 0 Å². The fourth-order valence-electron chi connectivity index (χ4n) is 1.01. The molecule has 1 rings (SSSR count). The summed E-state index contributed by atoms with van der Waals surface area (Å²) in [5, 5.41) is 2.69. The van der Waals surface area contributed by atoms with E-state index in [1.807, 2.05) is 19.1 Å². The Labute approximate surface area is 71.8 Å². The van der Waals surface area contributed by atoms with Gasteiger partial charge in [-0.15, -0.1) is 0 Å². The Morgan fingerprint density at radius 2 is 2.58 bits per heavy atom. The Morgan fingerprint density at radius 1 is 1.75 bits per heavy atom. The van der Waals surface area contributed by atoms with Crippen LogP contribution in [-0.2, 0) is 11.2 Å². The van der Waals surface area contributed by atoms with Gasteiger partial charge in [0.05, 0.1) is 6.26 Å². The van der Waals surface area contributed by atoms with Gasteiger partial charge in [-0.2, -0.15) is 0 Å². The molecular weight excluding hydrogens is 154 g/mol. The molecule has 0 saturated heterocycles. The lowest BCUT2D eigenvalue weighted by molar-refractivity contribution is -0.110. The van der Waals surface area contributed by atoms with E-state index in [-0.39, 0.29) is 6.04 Å². The maximum Gasteiger partial charge on any atom is 0.207 e. The van der Waals surface area contributed by atoms with Crippen molar-refractivity contribution in [3.63, 3.8) is 0 Å². The van der Waals surface area contributed by atoms with Crippen molar-refractivity contribution in [2.24, 2.45) is 0 Å². The van der Waals surface area contributed by atoms with Gasteiger partial charge in [-0.25, -0.2) is 0 Å². The smallest absolute Gasteiger partial charge is 0.207 e. The maximum absolute atomic E-state index is 10.0. The number of hydrogen-bond donors (Lipinski definition) is 1. The van der Waals surface area contributed by atoms with Crippen molar-refractivity contribution in [3.8, 4) is 0 Å². The van der Waals surface area contributed by atoms with E-state index in [0.717, 1.165) is 25.0 Å². The molecule has 1 amide bonds. The van der Waals surface area contributed by atoms with Gasteiger partial charge in [0.15, 0.2) is 0 Å². The SMILES string of the molecule is CC(CCc1ccco1)NC=O. The largest absolute Gasteiger partial charge is 0.469 e. The third kappa shape index (κ3) is 2.78. The molecular formula is C9H13NO2. The molecule has 0 aliphatic carbocycles. The van der Waals surface area contributed by atoms with E-state index in [9.17, 15) is 4.79 Å². The Balaban J connectivity index is 2.21. The molecule has 0 bridgehead atoms. The third-order valence-corrected chi connectivity index (χ3v) is 1.76. The average molecular weight is 167 g/mol. The lowest BCUT2D eigenvalue weighted by Gasteiger charge is -2.07. The molecule has 3 nitrogen and oxygen atoms in total. The van der Waals surface area contributed by atoms with E-state index < -0.39 is 0 Å². The van der Waals surface area contributed by atoms with Crippen molar-refractivity contribution in [3.05, 3.63) is 24.2 Å². The topological polar surface area (TPSA) is 42.2 Å². The Hall–Kier alpha value is -1.25. The van der Waals surface area contributed by atoms with Crippen LogP contribution in [0.3, 0.4) is 0 Å². The number of aryl methyl sites for hydroxylation is 1. The van der Waals surface area contributed by atoms with Gasteiger partial charge in [-0.3, -0.25) is 4.79 Å². The van der Waals surface area contributed by atoms with Crippen LogP contribution >= 0.6 is 0 Å². The summed E-state index contributed by atoms with van der Waals surface area (Å²) in [4.78, 5) is 10.0. The van der Waals surface area contributed by atoms with Crippen LogP contribution in [0.4, 0.5) is 0 Å². The molecule has 0 spiro atoms. The fraction of sp³-hybridized carbons (Fsp3) is 0.444. The van der Waals surface area contributed by atoms with Crippen LogP contribution in [-0.4, -0.2) is 12.5 Å². The van der Waals surface area contributed by atoms with E-state index in [0.29, 0.717) is 0 Å². The molecule has 12 heavy (non-hydrogen) atoms. The van der Waals surface area contributed by atoms with Crippen LogP contribution in [0.2, 0.25) is 0 Å². The minimum absolute atomic E-state index is 0.215. The number of carbonyl (C=O) groups is 1. The summed E-state index contributed by atoms with van der Waals surface area (Å²) in [7, 11) is 0. The molecule has 0 radical (unpaired) electrons. The van der Waals surface area contributed by atoms with Crippen LogP contribution in [0.1, 0.15) is 19.1 Å². The van der Waals surface area contributed by atoms with E-state index in [1.54, 1.807) is 6.26 Å². The average Bonchev–Trinajstić information content (AvgIpc) is 2.53. The molecule has 0 aliphatic rings. The second kappa shape index (κ2) is 4.59. The van der Waals surface area contributed by atoms with Crippen molar-refractivity contribution in [1.82, 2.24) is 5.32 Å². The molecule has 1 aromatic heterocycles. The lowest BCUT2D eigenvalue weighted by Crippen LogP contribution is -2.24. The number of carbonyl (C=O) groups excluding carboxylic acids is 1. The molecule has 0 fully saturated rings. The molecule has 0 saturated carbocycles. The zero-order valence-electron chi connectivity index (χ0n) is 7.12. The molecule has 0 aromatic carbocycles. The van der Waals surface area contributed by atoms with Crippen molar-refractivity contribution < 1.29 is 9.21 Å². The van der Waals surface area contributed by atoms with Crippen LogP contribution < -0.4 is 5.32 Å². The summed E-state index contributed by atoms with van der Waals surface area (Å²) in [5.41, 5.74) is 0. The number of furan rings is 1. The van der Waals surface area contributed by atoms with Gasteiger partial charge in [0.25, 0.3) is 0 Å². The van der Waals surface area contributed by atoms with Gasteiger partial charge in [0, 0.05) is 12.5 Å².